The molecule has 1 aliphatic rings. The lowest BCUT2D eigenvalue weighted by molar-refractivity contribution is 0.275. The number of hydrogen-bond acceptors (Lipinski definition) is 3. The van der Waals surface area contributed by atoms with E-state index in [1.54, 1.807) is 0 Å². The zero-order valence-corrected chi connectivity index (χ0v) is 15.4. The fourth-order valence-corrected chi connectivity index (χ4v) is 3.50. The van der Waals surface area contributed by atoms with E-state index in [-0.39, 0.29) is 0 Å². The number of hydrogen-bond donors (Lipinski definition) is 1. The lowest BCUT2D eigenvalue weighted by Crippen LogP contribution is -2.30. The minimum Gasteiger partial charge on any atom is -0.490 e. The van der Waals surface area contributed by atoms with Crippen LogP contribution < -0.4 is 14.8 Å². The number of nitrogens with one attached hydrogen (secondary N) is 1. The molecule has 0 spiro atoms. The Morgan fingerprint density at radius 2 is 1.91 bits per heavy atom. The Balaban J connectivity index is 2.04. The second-order valence-corrected chi connectivity index (χ2v) is 6.76. The van der Waals surface area contributed by atoms with Gasteiger partial charge in [0.2, 0.25) is 0 Å². The molecule has 124 valence electrons. The van der Waals surface area contributed by atoms with Gasteiger partial charge in [0.05, 0.1) is 17.7 Å². The maximum Gasteiger partial charge on any atom is 0.175 e. The molecule has 2 rings (SSSR count). The van der Waals surface area contributed by atoms with Crippen molar-refractivity contribution < 1.29 is 9.47 Å². The zero-order chi connectivity index (χ0) is 15.8. The Morgan fingerprint density at radius 1 is 1.14 bits per heavy atom. The molecule has 3 nitrogen and oxygen atoms in total. The first-order valence-corrected chi connectivity index (χ1v) is 9.35. The van der Waals surface area contributed by atoms with Crippen molar-refractivity contribution >= 4 is 15.9 Å². The average Bonchev–Trinajstić information content (AvgIpc) is 2.53. The van der Waals surface area contributed by atoms with Crippen LogP contribution in [0.4, 0.5) is 0 Å². The maximum absolute atomic E-state index is 5.83. The van der Waals surface area contributed by atoms with Gasteiger partial charge in [0.25, 0.3) is 0 Å². The first-order valence-electron chi connectivity index (χ1n) is 8.56. The predicted octanol–water partition coefficient (Wildman–Crippen LogP) is 5.06. The topological polar surface area (TPSA) is 30.5 Å². The molecule has 1 aliphatic carbocycles. The van der Waals surface area contributed by atoms with Gasteiger partial charge in [0.15, 0.2) is 11.5 Å². The monoisotopic (exact) mass is 369 g/mol. The molecule has 0 radical (unpaired) electrons. The van der Waals surface area contributed by atoms with Crippen molar-refractivity contribution in [1.29, 1.82) is 0 Å². The van der Waals surface area contributed by atoms with Crippen molar-refractivity contribution in [1.82, 2.24) is 5.32 Å². The first-order chi connectivity index (χ1) is 10.7. The van der Waals surface area contributed by atoms with Crippen LogP contribution in [0.2, 0.25) is 0 Å². The summed E-state index contributed by atoms with van der Waals surface area (Å²) in [5.74, 6) is 1.66. The normalized spacial score (nSPS) is 15.8. The summed E-state index contributed by atoms with van der Waals surface area (Å²) in [5, 5.41) is 3.68. The first kappa shape index (κ1) is 17.6. The molecule has 1 aromatic rings. The molecule has 0 amide bonds. The fourth-order valence-electron chi connectivity index (χ4n) is 2.90. The van der Waals surface area contributed by atoms with Gasteiger partial charge < -0.3 is 14.8 Å². The number of rotatable bonds is 8. The summed E-state index contributed by atoms with van der Waals surface area (Å²) in [6.07, 6.45) is 7.70. The molecule has 0 bridgehead atoms. The molecule has 1 N–H and O–H groups in total. The molecule has 0 aromatic heterocycles. The van der Waals surface area contributed by atoms with Crippen molar-refractivity contribution in [2.45, 2.75) is 65.0 Å². The highest BCUT2D eigenvalue weighted by Crippen LogP contribution is 2.37. The van der Waals surface area contributed by atoms with Crippen LogP contribution in [0.25, 0.3) is 0 Å². The van der Waals surface area contributed by atoms with Crippen molar-refractivity contribution in [2.75, 3.05) is 13.2 Å². The third-order valence-electron chi connectivity index (χ3n) is 4.02. The van der Waals surface area contributed by atoms with Gasteiger partial charge in [-0.1, -0.05) is 26.2 Å². The molecule has 1 saturated carbocycles. The Labute approximate surface area is 142 Å². The van der Waals surface area contributed by atoms with Crippen molar-refractivity contribution in [2.24, 2.45) is 0 Å². The number of halogens is 1. The molecule has 0 unspecified atom stereocenters. The van der Waals surface area contributed by atoms with Crippen LogP contribution >= 0.6 is 15.9 Å². The van der Waals surface area contributed by atoms with Crippen LogP contribution in [0.3, 0.4) is 0 Å². The van der Waals surface area contributed by atoms with E-state index in [0.29, 0.717) is 19.3 Å². The van der Waals surface area contributed by atoms with Crippen molar-refractivity contribution in [3.63, 3.8) is 0 Å². The van der Waals surface area contributed by atoms with Crippen LogP contribution in [0.5, 0.6) is 11.5 Å². The van der Waals surface area contributed by atoms with Gasteiger partial charge >= 0.3 is 0 Å². The van der Waals surface area contributed by atoms with E-state index in [1.165, 1.54) is 37.7 Å². The van der Waals surface area contributed by atoms with Gasteiger partial charge in [-0.05, 0) is 59.8 Å². The van der Waals surface area contributed by atoms with Crippen molar-refractivity contribution in [3.8, 4) is 11.5 Å². The standard InChI is InChI=1S/C18H28BrNO2/c1-3-10-22-18-16(19)11-14(12-17(18)21-4-2)13-20-15-8-6-5-7-9-15/h11-12,15,20H,3-10,13H2,1-2H3. The zero-order valence-electron chi connectivity index (χ0n) is 13.8. The van der Waals surface area contributed by atoms with E-state index in [2.05, 4.69) is 40.3 Å². The highest BCUT2D eigenvalue weighted by atomic mass is 79.9. The summed E-state index contributed by atoms with van der Waals surface area (Å²) >= 11 is 3.63. The molecule has 0 atom stereocenters. The third kappa shape index (κ3) is 5.17. The van der Waals surface area contributed by atoms with Gasteiger partial charge in [-0.2, -0.15) is 0 Å². The lowest BCUT2D eigenvalue weighted by atomic mass is 9.95. The SMILES string of the molecule is CCCOc1c(Br)cc(CNC2CCCCC2)cc1OCC. The summed E-state index contributed by atoms with van der Waals surface area (Å²) in [6, 6.07) is 4.91. The van der Waals surface area contributed by atoms with E-state index in [1.807, 2.05) is 6.92 Å². The van der Waals surface area contributed by atoms with E-state index >= 15 is 0 Å². The summed E-state index contributed by atoms with van der Waals surface area (Å²) in [6.45, 7) is 6.35. The van der Waals surface area contributed by atoms with Crippen LogP contribution in [0.15, 0.2) is 16.6 Å². The summed E-state index contributed by atoms with van der Waals surface area (Å²) in [5.41, 5.74) is 1.24. The average molecular weight is 370 g/mol. The smallest absolute Gasteiger partial charge is 0.175 e. The van der Waals surface area contributed by atoms with Gasteiger partial charge in [-0.3, -0.25) is 0 Å². The van der Waals surface area contributed by atoms with Gasteiger partial charge in [-0.15, -0.1) is 0 Å². The summed E-state index contributed by atoms with van der Waals surface area (Å²) < 4.78 is 12.6. The summed E-state index contributed by atoms with van der Waals surface area (Å²) in [4.78, 5) is 0. The Kier molecular flexibility index (Phi) is 7.53. The second kappa shape index (κ2) is 9.41. The minimum absolute atomic E-state index is 0.647. The van der Waals surface area contributed by atoms with E-state index < -0.39 is 0 Å². The Bertz CT molecular complexity index is 459. The molecule has 0 saturated heterocycles. The molecule has 0 heterocycles. The molecule has 22 heavy (non-hydrogen) atoms. The highest BCUT2D eigenvalue weighted by molar-refractivity contribution is 9.10. The number of benzene rings is 1. The van der Waals surface area contributed by atoms with Gasteiger partial charge in [0, 0.05) is 12.6 Å². The van der Waals surface area contributed by atoms with Crippen LogP contribution in [0, 0.1) is 0 Å². The largest absolute Gasteiger partial charge is 0.490 e. The number of ether oxygens (including phenoxy) is 2. The molecular weight excluding hydrogens is 342 g/mol. The lowest BCUT2D eigenvalue weighted by Gasteiger charge is -2.23. The molecule has 1 fully saturated rings. The van der Waals surface area contributed by atoms with E-state index in [0.717, 1.165) is 28.9 Å². The van der Waals surface area contributed by atoms with Gasteiger partial charge in [0.1, 0.15) is 0 Å². The Hall–Kier alpha value is -0.740. The third-order valence-corrected chi connectivity index (χ3v) is 4.61. The van der Waals surface area contributed by atoms with E-state index in [4.69, 9.17) is 9.47 Å². The molecule has 1 aromatic carbocycles. The van der Waals surface area contributed by atoms with Gasteiger partial charge in [-0.25, -0.2) is 0 Å². The molecule has 4 heteroatoms. The van der Waals surface area contributed by atoms with Crippen molar-refractivity contribution in [3.05, 3.63) is 22.2 Å². The second-order valence-electron chi connectivity index (χ2n) is 5.90. The van der Waals surface area contributed by atoms with Crippen LogP contribution in [-0.2, 0) is 6.54 Å². The predicted molar refractivity (Wildman–Crippen MR) is 94.8 cm³/mol. The van der Waals surface area contributed by atoms with Crippen LogP contribution in [0.1, 0.15) is 57.9 Å². The molecular formula is C18H28BrNO2. The van der Waals surface area contributed by atoms with E-state index in [9.17, 15) is 0 Å². The minimum atomic E-state index is 0.647. The summed E-state index contributed by atoms with van der Waals surface area (Å²) in [7, 11) is 0. The molecule has 0 aliphatic heterocycles. The fraction of sp³-hybridized carbons (Fsp3) is 0.667. The maximum atomic E-state index is 5.83. The Morgan fingerprint density at radius 3 is 2.59 bits per heavy atom. The van der Waals surface area contributed by atoms with Crippen LogP contribution in [-0.4, -0.2) is 19.3 Å². The highest BCUT2D eigenvalue weighted by Gasteiger charge is 2.15. The quantitative estimate of drug-likeness (QED) is 0.694.